The number of hydrogen-bond acceptors (Lipinski definition) is 8. The Kier molecular flexibility index (Phi) is 9.53. The van der Waals surface area contributed by atoms with Gasteiger partial charge in [0, 0.05) is 5.38 Å². The summed E-state index contributed by atoms with van der Waals surface area (Å²) >= 11 is 1.11. The molecule has 158 valence electrons. The maximum atomic E-state index is 12.5. The summed E-state index contributed by atoms with van der Waals surface area (Å²) < 4.78 is 4.88. The van der Waals surface area contributed by atoms with Crippen molar-refractivity contribution >= 4 is 41.5 Å². The van der Waals surface area contributed by atoms with Crippen LogP contribution in [0, 0.1) is 0 Å². The van der Waals surface area contributed by atoms with E-state index in [9.17, 15) is 19.5 Å². The summed E-state index contributed by atoms with van der Waals surface area (Å²) in [5.74, 6) is -1.60. The van der Waals surface area contributed by atoms with Gasteiger partial charge in [-0.1, -0.05) is 12.1 Å². The summed E-state index contributed by atoms with van der Waals surface area (Å²) in [6, 6.07) is 4.64. The van der Waals surface area contributed by atoms with Gasteiger partial charge in [0.1, 0.15) is 10.8 Å². The fraction of sp³-hybridized carbons (Fsp3) is 0.333. The number of esters is 1. The fourth-order valence-corrected chi connectivity index (χ4v) is 3.24. The first-order valence-electron chi connectivity index (χ1n) is 8.54. The second-order valence-corrected chi connectivity index (χ2v) is 6.89. The van der Waals surface area contributed by atoms with E-state index in [2.05, 4.69) is 10.3 Å². The normalized spacial score (nSPS) is 12.3. The van der Waals surface area contributed by atoms with Gasteiger partial charge in [0.05, 0.1) is 25.1 Å². The van der Waals surface area contributed by atoms with Gasteiger partial charge in [-0.05, 0) is 31.0 Å². The largest absolute Gasteiger partial charge is 0.508 e. The molecule has 0 saturated carbocycles. The first-order chi connectivity index (χ1) is 13.3. The molecule has 0 fully saturated rings. The van der Waals surface area contributed by atoms with E-state index in [1.54, 1.807) is 19.1 Å². The zero-order chi connectivity index (χ0) is 20.7. The van der Waals surface area contributed by atoms with E-state index in [1.165, 1.54) is 17.5 Å². The molecule has 0 aliphatic carbocycles. The van der Waals surface area contributed by atoms with Crippen molar-refractivity contribution in [3.05, 3.63) is 45.9 Å². The highest BCUT2D eigenvalue weighted by Gasteiger charge is 2.25. The smallest absolute Gasteiger partial charge is 0.357 e. The molecular weight excluding hydrogens is 420 g/mol. The lowest BCUT2D eigenvalue weighted by molar-refractivity contribution is -0.123. The number of aromatic hydroxyl groups is 1. The van der Waals surface area contributed by atoms with Crippen LogP contribution in [0.25, 0.3) is 0 Å². The molecule has 0 radical (unpaired) electrons. The molecule has 1 heterocycles. The van der Waals surface area contributed by atoms with E-state index in [4.69, 9.17) is 16.2 Å². The number of phenolic OH excluding ortho intramolecular Hbond substituents is 1. The summed E-state index contributed by atoms with van der Waals surface area (Å²) in [5.41, 5.74) is 12.1. The van der Waals surface area contributed by atoms with Crippen molar-refractivity contribution in [3.8, 4) is 5.75 Å². The number of ether oxygens (including phenoxy) is 1. The predicted molar refractivity (Wildman–Crippen MR) is 110 cm³/mol. The zero-order valence-corrected chi connectivity index (χ0v) is 17.3. The molecule has 1 aromatic carbocycles. The van der Waals surface area contributed by atoms with Gasteiger partial charge in [-0.3, -0.25) is 9.59 Å². The van der Waals surface area contributed by atoms with E-state index < -0.39 is 29.9 Å². The third-order valence-electron chi connectivity index (χ3n) is 3.76. The topological polar surface area (TPSA) is 158 Å². The number of halogens is 1. The minimum atomic E-state index is -0.885. The lowest BCUT2D eigenvalue weighted by Gasteiger charge is -2.18. The average molecular weight is 443 g/mol. The first kappa shape index (κ1) is 24.3. The molecule has 2 atom stereocenters. The standard InChI is InChI=1S/C18H22N4O5S.ClH/c1-2-27-18(26)14-9-28-17(22-14)13(8-15(20)24)21-16(25)12(19)7-10-3-5-11(23)6-4-10;/h3-6,9,12-13,23H,2,7-8,19H2,1H3,(H2,20,24)(H,21,25);1H/t12-,13+;/m1./s1. The number of carbonyl (C=O) groups excluding carboxylic acids is 3. The predicted octanol–water partition coefficient (Wildman–Crippen LogP) is 1.05. The highest BCUT2D eigenvalue weighted by Crippen LogP contribution is 2.22. The number of nitrogens with zero attached hydrogens (tertiary/aromatic N) is 1. The molecule has 0 spiro atoms. The number of benzene rings is 1. The molecule has 0 aliphatic rings. The van der Waals surface area contributed by atoms with Crippen LogP contribution in [-0.2, 0) is 20.7 Å². The lowest BCUT2D eigenvalue weighted by atomic mass is 10.1. The summed E-state index contributed by atoms with van der Waals surface area (Å²) in [5, 5.41) is 13.8. The van der Waals surface area contributed by atoms with Crippen molar-refractivity contribution in [1.82, 2.24) is 10.3 Å². The molecule has 2 aromatic rings. The number of aromatic nitrogens is 1. The summed E-state index contributed by atoms with van der Waals surface area (Å²) in [6.07, 6.45) is 0.0504. The molecule has 6 N–H and O–H groups in total. The highest BCUT2D eigenvalue weighted by molar-refractivity contribution is 7.09. The number of thiazole rings is 1. The fourth-order valence-electron chi connectivity index (χ4n) is 2.41. The van der Waals surface area contributed by atoms with Crippen LogP contribution >= 0.6 is 23.7 Å². The molecule has 0 unspecified atom stereocenters. The molecule has 29 heavy (non-hydrogen) atoms. The Bertz CT molecular complexity index is 843. The highest BCUT2D eigenvalue weighted by atomic mass is 35.5. The molecule has 0 bridgehead atoms. The third-order valence-corrected chi connectivity index (χ3v) is 4.71. The monoisotopic (exact) mass is 442 g/mol. The molecule has 2 rings (SSSR count). The van der Waals surface area contributed by atoms with Crippen molar-refractivity contribution in [1.29, 1.82) is 0 Å². The number of rotatable bonds is 9. The van der Waals surface area contributed by atoms with Gasteiger partial charge in [0.2, 0.25) is 11.8 Å². The van der Waals surface area contributed by atoms with Crippen LogP contribution in [-0.4, -0.2) is 40.5 Å². The summed E-state index contributed by atoms with van der Waals surface area (Å²) in [7, 11) is 0. The van der Waals surface area contributed by atoms with E-state index >= 15 is 0 Å². The molecular formula is C18H23ClN4O5S. The Morgan fingerprint density at radius 3 is 2.52 bits per heavy atom. The summed E-state index contributed by atoms with van der Waals surface area (Å²) in [6.45, 7) is 1.88. The van der Waals surface area contributed by atoms with Crippen LogP contribution in [0.4, 0.5) is 0 Å². The first-order valence-corrected chi connectivity index (χ1v) is 9.42. The van der Waals surface area contributed by atoms with Crippen molar-refractivity contribution in [2.24, 2.45) is 11.5 Å². The number of phenols is 1. The molecule has 2 amide bonds. The maximum Gasteiger partial charge on any atom is 0.357 e. The van der Waals surface area contributed by atoms with Crippen LogP contribution in [0.3, 0.4) is 0 Å². The third kappa shape index (κ3) is 7.33. The van der Waals surface area contributed by atoms with E-state index in [-0.39, 0.29) is 43.3 Å². The Labute approximate surface area is 177 Å². The molecule has 11 heteroatoms. The van der Waals surface area contributed by atoms with Crippen molar-refractivity contribution < 1.29 is 24.2 Å². The molecule has 9 nitrogen and oxygen atoms in total. The second-order valence-electron chi connectivity index (χ2n) is 6.00. The minimum absolute atomic E-state index is 0. The van der Waals surface area contributed by atoms with Crippen LogP contribution in [0.5, 0.6) is 5.75 Å². The van der Waals surface area contributed by atoms with Crippen molar-refractivity contribution in [3.63, 3.8) is 0 Å². The molecule has 1 aromatic heterocycles. The number of carbonyl (C=O) groups is 3. The SMILES string of the molecule is CCOC(=O)c1csc([C@H](CC(N)=O)NC(=O)[C@H](N)Cc2ccc(O)cc2)n1.Cl. The Morgan fingerprint density at radius 2 is 1.93 bits per heavy atom. The van der Waals surface area contributed by atoms with Gasteiger partial charge in [-0.15, -0.1) is 23.7 Å². The minimum Gasteiger partial charge on any atom is -0.508 e. The van der Waals surface area contributed by atoms with E-state index in [1.807, 2.05) is 0 Å². The van der Waals surface area contributed by atoms with Gasteiger partial charge >= 0.3 is 5.97 Å². The molecule has 0 saturated heterocycles. The Morgan fingerprint density at radius 1 is 1.28 bits per heavy atom. The van der Waals surface area contributed by atoms with E-state index in [0.717, 1.165) is 16.9 Å². The lowest BCUT2D eigenvalue weighted by Crippen LogP contribution is -2.44. The maximum absolute atomic E-state index is 12.5. The van der Waals surface area contributed by atoms with Crippen LogP contribution in [0.2, 0.25) is 0 Å². The van der Waals surface area contributed by atoms with Crippen molar-refractivity contribution in [2.45, 2.75) is 31.8 Å². The number of primary amides is 1. The zero-order valence-electron chi connectivity index (χ0n) is 15.7. The second kappa shape index (κ2) is 11.3. The Balaban J connectivity index is 0.00000420. The van der Waals surface area contributed by atoms with Crippen LogP contribution < -0.4 is 16.8 Å². The van der Waals surface area contributed by atoms with Gasteiger partial charge in [0.25, 0.3) is 0 Å². The number of hydrogen-bond donors (Lipinski definition) is 4. The Hall–Kier alpha value is -2.69. The number of nitrogens with one attached hydrogen (secondary N) is 1. The van der Waals surface area contributed by atoms with Gasteiger partial charge in [-0.25, -0.2) is 9.78 Å². The average Bonchev–Trinajstić information content (AvgIpc) is 3.13. The quantitative estimate of drug-likeness (QED) is 0.422. The van der Waals surface area contributed by atoms with Crippen LogP contribution in [0.1, 0.15) is 40.4 Å². The number of amides is 2. The van der Waals surface area contributed by atoms with Crippen molar-refractivity contribution in [2.75, 3.05) is 6.61 Å². The van der Waals surface area contributed by atoms with Gasteiger partial charge in [0.15, 0.2) is 5.69 Å². The number of nitrogens with two attached hydrogens (primary N) is 2. The van der Waals surface area contributed by atoms with E-state index in [0.29, 0.717) is 5.01 Å². The molecule has 0 aliphatic heterocycles. The van der Waals surface area contributed by atoms with Crippen LogP contribution in [0.15, 0.2) is 29.6 Å². The summed E-state index contributed by atoms with van der Waals surface area (Å²) in [4.78, 5) is 39.8. The van der Waals surface area contributed by atoms with Gasteiger partial charge in [-0.2, -0.15) is 0 Å². The van der Waals surface area contributed by atoms with Gasteiger partial charge < -0.3 is 26.6 Å².